The molecule has 4 nitrogen and oxygen atoms in total. The molecule has 0 fully saturated rings. The van der Waals surface area contributed by atoms with Crippen LogP contribution in [0, 0.1) is 0 Å². The second kappa shape index (κ2) is 6.79. The van der Waals surface area contributed by atoms with Gasteiger partial charge >= 0.3 is 0 Å². The van der Waals surface area contributed by atoms with E-state index in [1.165, 1.54) is 0 Å². The molecule has 6 heteroatoms. The van der Waals surface area contributed by atoms with Crippen molar-refractivity contribution < 1.29 is 9.21 Å². The summed E-state index contributed by atoms with van der Waals surface area (Å²) in [6.45, 7) is 2.09. The van der Waals surface area contributed by atoms with Gasteiger partial charge in [-0.15, -0.1) is 0 Å². The van der Waals surface area contributed by atoms with Gasteiger partial charge in [-0.05, 0) is 37.3 Å². The quantitative estimate of drug-likeness (QED) is 0.881. The first kappa shape index (κ1) is 14.9. The Hall–Kier alpha value is -1.49. The Bertz CT molecular complexity index is 585. The lowest BCUT2D eigenvalue weighted by Crippen LogP contribution is -2.29. The van der Waals surface area contributed by atoms with Gasteiger partial charge < -0.3 is 9.73 Å². The molecule has 0 unspecified atom stereocenters. The fourth-order valence-electron chi connectivity index (χ4n) is 1.66. The predicted octanol–water partition coefficient (Wildman–Crippen LogP) is 3.88. The fraction of sp³-hybridized carbons (Fsp3) is 0.214. The third-order valence-corrected chi connectivity index (χ3v) is 3.48. The zero-order valence-corrected chi connectivity index (χ0v) is 12.3. The van der Waals surface area contributed by atoms with Crippen LogP contribution in [0.4, 0.5) is 5.69 Å². The molecular formula is C14H14Cl2N2O2. The fourth-order valence-corrected chi connectivity index (χ4v) is 1.96. The van der Waals surface area contributed by atoms with Crippen molar-refractivity contribution in [1.29, 1.82) is 0 Å². The van der Waals surface area contributed by atoms with Gasteiger partial charge in [0.15, 0.2) is 0 Å². The third kappa shape index (κ3) is 4.00. The van der Waals surface area contributed by atoms with Crippen molar-refractivity contribution in [3.63, 3.8) is 0 Å². The Morgan fingerprint density at radius 2 is 2.10 bits per heavy atom. The number of furan rings is 1. The zero-order chi connectivity index (χ0) is 14.5. The van der Waals surface area contributed by atoms with Crippen molar-refractivity contribution in [1.82, 2.24) is 5.32 Å². The van der Waals surface area contributed by atoms with Gasteiger partial charge in [-0.2, -0.15) is 0 Å². The number of benzene rings is 1. The predicted molar refractivity (Wildman–Crippen MR) is 80.2 cm³/mol. The van der Waals surface area contributed by atoms with Gasteiger partial charge in [0.2, 0.25) is 5.91 Å². The van der Waals surface area contributed by atoms with E-state index >= 15 is 0 Å². The summed E-state index contributed by atoms with van der Waals surface area (Å²) in [5.41, 5.74) is 0.608. The number of hydrogen-bond acceptors (Lipinski definition) is 3. The van der Waals surface area contributed by atoms with E-state index in [0.29, 0.717) is 15.7 Å². The molecule has 1 amide bonds. The standard InChI is InChI=1S/C14H14Cl2N2O2/c1-9(13-3-2-6-20-13)17-8-14(19)18-10-4-5-11(15)12(16)7-10/h2-7,9,17H,8H2,1H3,(H,18,19)/t9-/m0/s1. The molecule has 1 aromatic heterocycles. The number of halogens is 2. The molecule has 2 aromatic rings. The summed E-state index contributed by atoms with van der Waals surface area (Å²) in [7, 11) is 0. The Labute approximate surface area is 127 Å². The highest BCUT2D eigenvalue weighted by Crippen LogP contribution is 2.24. The summed E-state index contributed by atoms with van der Waals surface area (Å²) in [6.07, 6.45) is 1.60. The lowest BCUT2D eigenvalue weighted by Gasteiger charge is -2.11. The maximum Gasteiger partial charge on any atom is 0.238 e. The molecule has 2 N–H and O–H groups in total. The first-order valence-corrected chi connectivity index (χ1v) is 6.83. The van der Waals surface area contributed by atoms with Crippen LogP contribution >= 0.6 is 23.2 Å². The molecule has 1 heterocycles. The van der Waals surface area contributed by atoms with Gasteiger partial charge in [0.1, 0.15) is 5.76 Å². The van der Waals surface area contributed by atoms with Crippen LogP contribution in [-0.4, -0.2) is 12.5 Å². The molecule has 0 aliphatic rings. The summed E-state index contributed by atoms with van der Waals surface area (Å²) in [4.78, 5) is 11.8. The van der Waals surface area contributed by atoms with Gasteiger partial charge in [-0.3, -0.25) is 10.1 Å². The molecule has 20 heavy (non-hydrogen) atoms. The molecule has 0 saturated carbocycles. The van der Waals surface area contributed by atoms with E-state index in [-0.39, 0.29) is 18.5 Å². The number of nitrogens with one attached hydrogen (secondary N) is 2. The molecule has 2 rings (SSSR count). The lowest BCUT2D eigenvalue weighted by molar-refractivity contribution is -0.115. The molecule has 0 spiro atoms. The van der Waals surface area contributed by atoms with Crippen LogP contribution in [0.2, 0.25) is 10.0 Å². The normalized spacial score (nSPS) is 12.2. The van der Waals surface area contributed by atoms with Gasteiger partial charge in [-0.25, -0.2) is 0 Å². The van der Waals surface area contributed by atoms with E-state index < -0.39 is 0 Å². The summed E-state index contributed by atoms with van der Waals surface area (Å²) >= 11 is 11.7. The highest BCUT2D eigenvalue weighted by molar-refractivity contribution is 6.42. The number of amides is 1. The summed E-state index contributed by atoms with van der Waals surface area (Å²) in [5.74, 6) is 0.620. The number of hydrogen-bond donors (Lipinski definition) is 2. The van der Waals surface area contributed by atoms with Gasteiger partial charge in [0, 0.05) is 5.69 Å². The molecule has 1 atom stereocenters. The van der Waals surface area contributed by atoms with Gasteiger partial charge in [0.05, 0.1) is 28.9 Å². The Balaban J connectivity index is 1.85. The summed E-state index contributed by atoms with van der Waals surface area (Å²) in [6, 6.07) is 8.57. The molecule has 0 bridgehead atoms. The topological polar surface area (TPSA) is 54.3 Å². The highest BCUT2D eigenvalue weighted by Gasteiger charge is 2.10. The average molecular weight is 313 g/mol. The van der Waals surface area contributed by atoms with Crippen molar-refractivity contribution in [2.75, 3.05) is 11.9 Å². The van der Waals surface area contributed by atoms with E-state index in [1.54, 1.807) is 24.5 Å². The minimum Gasteiger partial charge on any atom is -0.468 e. The SMILES string of the molecule is C[C@H](NCC(=O)Nc1ccc(Cl)c(Cl)c1)c1ccco1. The largest absolute Gasteiger partial charge is 0.468 e. The number of carbonyl (C=O) groups is 1. The van der Waals surface area contributed by atoms with E-state index in [4.69, 9.17) is 27.6 Å². The van der Waals surface area contributed by atoms with Crippen LogP contribution in [0.25, 0.3) is 0 Å². The number of carbonyl (C=O) groups excluding carboxylic acids is 1. The third-order valence-electron chi connectivity index (χ3n) is 2.74. The van der Waals surface area contributed by atoms with E-state index in [2.05, 4.69) is 10.6 Å². The maximum atomic E-state index is 11.8. The minimum atomic E-state index is -0.165. The second-order valence-corrected chi connectivity index (χ2v) is 5.11. The van der Waals surface area contributed by atoms with Crippen LogP contribution in [0.3, 0.4) is 0 Å². The minimum absolute atomic E-state index is 0.0374. The van der Waals surface area contributed by atoms with E-state index in [9.17, 15) is 4.79 Å². The van der Waals surface area contributed by atoms with Crippen LogP contribution in [0.15, 0.2) is 41.0 Å². The average Bonchev–Trinajstić information content (AvgIpc) is 2.94. The smallest absolute Gasteiger partial charge is 0.238 e. The first-order chi connectivity index (χ1) is 9.56. The van der Waals surface area contributed by atoms with Gasteiger partial charge in [-0.1, -0.05) is 23.2 Å². The maximum absolute atomic E-state index is 11.8. The number of rotatable bonds is 5. The molecule has 0 radical (unpaired) electrons. The summed E-state index contributed by atoms with van der Waals surface area (Å²) < 4.78 is 5.25. The van der Waals surface area contributed by atoms with Crippen molar-refractivity contribution in [3.8, 4) is 0 Å². The number of anilines is 1. The molecule has 0 aliphatic heterocycles. The van der Waals surface area contributed by atoms with Crippen molar-refractivity contribution in [2.45, 2.75) is 13.0 Å². The zero-order valence-electron chi connectivity index (χ0n) is 10.8. The van der Waals surface area contributed by atoms with Crippen LogP contribution < -0.4 is 10.6 Å². The Kier molecular flexibility index (Phi) is 5.06. The molecule has 0 saturated heterocycles. The first-order valence-electron chi connectivity index (χ1n) is 6.08. The Morgan fingerprint density at radius 1 is 1.30 bits per heavy atom. The molecular weight excluding hydrogens is 299 g/mol. The van der Waals surface area contributed by atoms with Gasteiger partial charge in [0.25, 0.3) is 0 Å². The van der Waals surface area contributed by atoms with Crippen LogP contribution in [0.1, 0.15) is 18.7 Å². The highest BCUT2D eigenvalue weighted by atomic mass is 35.5. The second-order valence-electron chi connectivity index (χ2n) is 4.30. The van der Waals surface area contributed by atoms with Crippen molar-refractivity contribution in [2.24, 2.45) is 0 Å². The molecule has 1 aromatic carbocycles. The van der Waals surface area contributed by atoms with Crippen LogP contribution in [0.5, 0.6) is 0 Å². The lowest BCUT2D eigenvalue weighted by atomic mass is 10.2. The van der Waals surface area contributed by atoms with E-state index in [0.717, 1.165) is 5.76 Å². The van der Waals surface area contributed by atoms with E-state index in [1.807, 2.05) is 19.1 Å². The Morgan fingerprint density at radius 3 is 2.75 bits per heavy atom. The molecule has 106 valence electrons. The summed E-state index contributed by atoms with van der Waals surface area (Å²) in [5, 5.41) is 6.66. The van der Waals surface area contributed by atoms with Crippen molar-refractivity contribution in [3.05, 3.63) is 52.4 Å². The molecule has 0 aliphatic carbocycles. The van der Waals surface area contributed by atoms with Crippen molar-refractivity contribution >= 4 is 34.8 Å². The van der Waals surface area contributed by atoms with Crippen LogP contribution in [-0.2, 0) is 4.79 Å². The monoisotopic (exact) mass is 312 g/mol.